The first-order valence-corrected chi connectivity index (χ1v) is 9.75. The number of ether oxygens (including phenoxy) is 1. The molecular weight excluding hydrogens is 300 g/mol. The van der Waals surface area contributed by atoms with Gasteiger partial charge in [0.25, 0.3) is 0 Å². The third kappa shape index (κ3) is 2.82. The summed E-state index contributed by atoms with van der Waals surface area (Å²) in [5, 5.41) is 0. The van der Waals surface area contributed by atoms with Crippen molar-refractivity contribution in [1.82, 2.24) is 9.80 Å². The van der Waals surface area contributed by atoms with Crippen LogP contribution >= 0.6 is 0 Å². The van der Waals surface area contributed by atoms with Gasteiger partial charge in [0.15, 0.2) is 0 Å². The van der Waals surface area contributed by atoms with Crippen LogP contribution < -0.4 is 0 Å². The smallest absolute Gasteiger partial charge is 0.310 e. The number of esters is 1. The van der Waals surface area contributed by atoms with Crippen LogP contribution in [-0.4, -0.2) is 61.6 Å². The van der Waals surface area contributed by atoms with Crippen molar-refractivity contribution in [3.63, 3.8) is 0 Å². The zero-order valence-corrected chi connectivity index (χ0v) is 15.3. The summed E-state index contributed by atoms with van der Waals surface area (Å²) in [5.74, 6) is 1.15. The monoisotopic (exact) mass is 332 g/mol. The summed E-state index contributed by atoms with van der Waals surface area (Å²) in [4.78, 5) is 17.4. The molecule has 0 aromatic heterocycles. The molecule has 0 amide bonds. The van der Waals surface area contributed by atoms with Crippen LogP contribution in [0.1, 0.15) is 39.0 Å². The Balaban J connectivity index is 1.47. The zero-order valence-electron chi connectivity index (χ0n) is 15.3. The molecule has 2 saturated carbocycles. The minimum atomic E-state index is 0.0665. The average molecular weight is 332 g/mol. The van der Waals surface area contributed by atoms with Gasteiger partial charge in [0.05, 0.1) is 5.92 Å². The molecule has 0 radical (unpaired) electrons. The molecule has 0 spiro atoms. The third-order valence-corrected chi connectivity index (χ3v) is 7.37. The number of carbonyl (C=O) groups excluding carboxylic acids is 1. The maximum absolute atomic E-state index is 12.6. The Morgan fingerprint density at radius 2 is 2.04 bits per heavy atom. The molecule has 4 fully saturated rings. The third-order valence-electron chi connectivity index (χ3n) is 7.37. The van der Waals surface area contributed by atoms with Crippen LogP contribution in [-0.2, 0) is 9.53 Å². The van der Waals surface area contributed by atoms with E-state index in [-0.39, 0.29) is 18.0 Å². The Bertz CT molecular complexity index is 526. The summed E-state index contributed by atoms with van der Waals surface area (Å²) >= 11 is 0. The summed E-state index contributed by atoms with van der Waals surface area (Å²) in [5.41, 5.74) is 1.74. The predicted molar refractivity (Wildman–Crippen MR) is 94.6 cm³/mol. The molecule has 0 N–H and O–H groups in total. The van der Waals surface area contributed by atoms with Gasteiger partial charge >= 0.3 is 5.97 Å². The summed E-state index contributed by atoms with van der Waals surface area (Å²) in [7, 11) is 2.17. The van der Waals surface area contributed by atoms with Crippen LogP contribution in [0.2, 0.25) is 0 Å². The molecule has 134 valence electrons. The van der Waals surface area contributed by atoms with Gasteiger partial charge in [-0.05, 0) is 50.5 Å². The molecule has 2 aliphatic carbocycles. The molecule has 4 heteroatoms. The van der Waals surface area contributed by atoms with Gasteiger partial charge in [-0.2, -0.15) is 0 Å². The average Bonchev–Trinajstić information content (AvgIpc) is 2.82. The Labute approximate surface area is 146 Å². The fourth-order valence-electron chi connectivity index (χ4n) is 5.77. The van der Waals surface area contributed by atoms with E-state index in [0.29, 0.717) is 17.3 Å². The maximum Gasteiger partial charge on any atom is 0.310 e. The summed E-state index contributed by atoms with van der Waals surface area (Å²) in [6, 6.07) is 0. The highest BCUT2D eigenvalue weighted by Gasteiger charge is 2.55. The van der Waals surface area contributed by atoms with Gasteiger partial charge in [-0.25, -0.2) is 0 Å². The van der Waals surface area contributed by atoms with E-state index in [4.69, 9.17) is 4.74 Å². The molecule has 4 rings (SSSR count). The van der Waals surface area contributed by atoms with E-state index in [1.807, 2.05) is 0 Å². The van der Waals surface area contributed by atoms with Gasteiger partial charge in [-0.1, -0.05) is 19.1 Å². The highest BCUT2D eigenvalue weighted by molar-refractivity contribution is 5.75. The van der Waals surface area contributed by atoms with E-state index in [2.05, 4.69) is 30.4 Å². The maximum atomic E-state index is 12.6. The molecule has 4 aliphatic rings. The first-order chi connectivity index (χ1) is 11.5. The molecule has 0 unspecified atom stereocenters. The van der Waals surface area contributed by atoms with Crippen LogP contribution in [0.4, 0.5) is 0 Å². The second-order valence-electron chi connectivity index (χ2n) is 9.01. The fraction of sp³-hybridized carbons (Fsp3) is 0.850. The van der Waals surface area contributed by atoms with Gasteiger partial charge < -0.3 is 9.64 Å². The lowest BCUT2D eigenvalue weighted by molar-refractivity contribution is -0.146. The van der Waals surface area contributed by atoms with Gasteiger partial charge in [-0.3, -0.25) is 9.69 Å². The molecular formula is C20H32N2O2. The molecule has 5 atom stereocenters. The molecule has 2 heterocycles. The normalized spacial score (nSPS) is 44.1. The first kappa shape index (κ1) is 16.6. The van der Waals surface area contributed by atoms with Crippen molar-refractivity contribution < 1.29 is 9.53 Å². The summed E-state index contributed by atoms with van der Waals surface area (Å²) < 4.78 is 5.88. The van der Waals surface area contributed by atoms with E-state index in [9.17, 15) is 4.79 Å². The Morgan fingerprint density at radius 3 is 2.79 bits per heavy atom. The van der Waals surface area contributed by atoms with Gasteiger partial charge in [-0.15, -0.1) is 0 Å². The quantitative estimate of drug-likeness (QED) is 0.575. The van der Waals surface area contributed by atoms with Gasteiger partial charge in [0, 0.05) is 38.6 Å². The number of carbonyl (C=O) groups is 1. The fourth-order valence-corrected chi connectivity index (χ4v) is 5.77. The van der Waals surface area contributed by atoms with Gasteiger partial charge in [0.1, 0.15) is 6.10 Å². The number of hydrogen-bond donors (Lipinski definition) is 0. The van der Waals surface area contributed by atoms with E-state index >= 15 is 0 Å². The van der Waals surface area contributed by atoms with Gasteiger partial charge in [0.2, 0.25) is 0 Å². The van der Waals surface area contributed by atoms with Crippen molar-refractivity contribution in [3.8, 4) is 0 Å². The topological polar surface area (TPSA) is 32.8 Å². The van der Waals surface area contributed by atoms with Crippen molar-refractivity contribution in [2.24, 2.45) is 23.2 Å². The Kier molecular flexibility index (Phi) is 4.24. The van der Waals surface area contributed by atoms with Crippen molar-refractivity contribution in [3.05, 3.63) is 12.2 Å². The minimum Gasteiger partial charge on any atom is -0.462 e. The highest BCUT2D eigenvalue weighted by atomic mass is 16.6. The number of piperazine rings is 1. The number of nitrogens with zero attached hydrogens (tertiary/aromatic N) is 2. The van der Waals surface area contributed by atoms with Crippen LogP contribution in [0.25, 0.3) is 0 Å². The molecule has 4 nitrogen and oxygen atoms in total. The van der Waals surface area contributed by atoms with Crippen LogP contribution in [0, 0.1) is 23.2 Å². The zero-order chi connectivity index (χ0) is 16.9. The predicted octanol–water partition coefficient (Wildman–Crippen LogP) is 2.55. The molecule has 0 bridgehead atoms. The van der Waals surface area contributed by atoms with Crippen molar-refractivity contribution in [2.45, 2.75) is 45.1 Å². The number of allylic oxidation sites excluding steroid dienone is 1. The van der Waals surface area contributed by atoms with Crippen LogP contribution in [0.15, 0.2) is 12.2 Å². The standard InChI is InChI=1S/C20H32N2O2/c1-14-5-4-6-20(2)12-18-15(11-17(14)20)16(19(23)24-18)13-22-9-7-21(3)8-10-22/h15-18H,1,4-13H2,2-3H3/t15-,16-,17+,18-,20-/m1/s1. The molecule has 2 aliphatic heterocycles. The van der Waals surface area contributed by atoms with E-state index < -0.39 is 0 Å². The lowest BCUT2D eigenvalue weighted by Gasteiger charge is -2.50. The van der Waals surface area contributed by atoms with E-state index in [1.165, 1.54) is 24.8 Å². The number of fused-ring (bicyclic) bond motifs is 2. The largest absolute Gasteiger partial charge is 0.462 e. The molecule has 0 aromatic rings. The van der Waals surface area contributed by atoms with E-state index in [1.54, 1.807) is 0 Å². The molecule has 0 aromatic carbocycles. The van der Waals surface area contributed by atoms with Crippen molar-refractivity contribution in [1.29, 1.82) is 0 Å². The minimum absolute atomic E-state index is 0.0665. The lowest BCUT2D eigenvalue weighted by Crippen LogP contribution is -2.49. The number of rotatable bonds is 2. The second kappa shape index (κ2) is 6.14. The van der Waals surface area contributed by atoms with Crippen molar-refractivity contribution in [2.75, 3.05) is 39.8 Å². The highest BCUT2D eigenvalue weighted by Crippen LogP contribution is 2.56. The Hall–Kier alpha value is -0.870. The first-order valence-electron chi connectivity index (χ1n) is 9.75. The summed E-state index contributed by atoms with van der Waals surface area (Å²) in [6.07, 6.45) is 6.01. The molecule has 24 heavy (non-hydrogen) atoms. The second-order valence-corrected chi connectivity index (χ2v) is 9.01. The number of likely N-dealkylation sites (N-methyl/N-ethyl adjacent to an activating group) is 1. The summed E-state index contributed by atoms with van der Waals surface area (Å²) in [6.45, 7) is 12.0. The van der Waals surface area contributed by atoms with Crippen LogP contribution in [0.3, 0.4) is 0 Å². The SMILES string of the molecule is C=C1CCC[C@]2(C)C[C@H]3OC(=O)[C@H](CN4CCN(C)CC4)[C@H]3C[C@@H]12. The van der Waals surface area contributed by atoms with E-state index in [0.717, 1.165) is 45.6 Å². The van der Waals surface area contributed by atoms with Crippen LogP contribution in [0.5, 0.6) is 0 Å². The van der Waals surface area contributed by atoms with Crippen molar-refractivity contribution >= 4 is 5.97 Å². The molecule has 2 saturated heterocycles. The number of hydrogen-bond acceptors (Lipinski definition) is 4. The Morgan fingerprint density at radius 1 is 1.29 bits per heavy atom. The lowest BCUT2D eigenvalue weighted by atomic mass is 9.55.